The Balaban J connectivity index is 1.54. The fourth-order valence-corrected chi connectivity index (χ4v) is 3.80. The molecule has 0 bridgehead atoms. The van der Waals surface area contributed by atoms with Crippen LogP contribution in [0.3, 0.4) is 0 Å². The molecule has 0 spiro atoms. The lowest BCUT2D eigenvalue weighted by atomic mass is 9.85. The minimum Gasteiger partial charge on any atom is -0.384 e. The van der Waals surface area contributed by atoms with Gasteiger partial charge in [-0.2, -0.15) is 0 Å². The maximum atomic E-state index is 10.9. The van der Waals surface area contributed by atoms with Gasteiger partial charge in [0.1, 0.15) is 0 Å². The van der Waals surface area contributed by atoms with Gasteiger partial charge in [-0.05, 0) is 59.6 Å². The van der Waals surface area contributed by atoms with Crippen molar-refractivity contribution in [1.29, 1.82) is 0 Å². The summed E-state index contributed by atoms with van der Waals surface area (Å²) in [5.74, 6) is 0. The topological polar surface area (TPSA) is 20.2 Å². The summed E-state index contributed by atoms with van der Waals surface area (Å²) in [6.07, 6.45) is 6.82. The van der Waals surface area contributed by atoms with Gasteiger partial charge in [-0.1, -0.05) is 96.6 Å². The SMILES string of the molecule is Cc1ccc(/C=C2/CCC/C(=C/c3ccc(-c4ccccc4)cc3)C2O)cc1. The molecule has 1 heteroatoms. The van der Waals surface area contributed by atoms with Crippen LogP contribution in [0.1, 0.15) is 36.0 Å². The highest BCUT2D eigenvalue weighted by Crippen LogP contribution is 2.31. The molecule has 0 saturated heterocycles. The standard InChI is InChI=1S/C27H26O/c1-20-10-12-21(13-11-20)18-25-8-5-9-26(27(25)28)19-22-14-16-24(17-15-22)23-6-3-2-4-7-23/h2-4,6-7,10-19,27-28H,5,8-9H2,1H3/b25-18-,26-19-. The van der Waals surface area contributed by atoms with Gasteiger partial charge in [-0.25, -0.2) is 0 Å². The fourth-order valence-electron chi connectivity index (χ4n) is 3.80. The number of aliphatic hydroxyl groups is 1. The number of benzene rings is 3. The third-order valence-corrected chi connectivity index (χ3v) is 5.43. The quantitative estimate of drug-likeness (QED) is 0.548. The first-order valence-electron chi connectivity index (χ1n) is 10.0. The molecule has 0 heterocycles. The van der Waals surface area contributed by atoms with Gasteiger partial charge in [0.25, 0.3) is 0 Å². The zero-order valence-electron chi connectivity index (χ0n) is 16.3. The zero-order valence-corrected chi connectivity index (χ0v) is 16.3. The monoisotopic (exact) mass is 366 g/mol. The highest BCUT2D eigenvalue weighted by atomic mass is 16.3. The molecule has 140 valence electrons. The van der Waals surface area contributed by atoms with Gasteiger partial charge in [0.2, 0.25) is 0 Å². The van der Waals surface area contributed by atoms with Crippen molar-refractivity contribution in [2.45, 2.75) is 32.3 Å². The number of aliphatic hydroxyl groups excluding tert-OH is 1. The van der Waals surface area contributed by atoms with E-state index in [1.807, 2.05) is 6.07 Å². The molecule has 0 amide bonds. The third kappa shape index (κ3) is 4.32. The highest BCUT2D eigenvalue weighted by molar-refractivity contribution is 5.67. The van der Waals surface area contributed by atoms with Crippen LogP contribution in [-0.4, -0.2) is 11.2 Å². The van der Waals surface area contributed by atoms with Crippen molar-refractivity contribution in [3.8, 4) is 11.1 Å². The van der Waals surface area contributed by atoms with E-state index in [0.29, 0.717) is 0 Å². The number of hydrogen-bond donors (Lipinski definition) is 1. The van der Waals surface area contributed by atoms with E-state index >= 15 is 0 Å². The van der Waals surface area contributed by atoms with Crippen LogP contribution in [0.15, 0.2) is 90.0 Å². The first-order chi connectivity index (χ1) is 13.7. The van der Waals surface area contributed by atoms with Crippen molar-refractivity contribution in [2.24, 2.45) is 0 Å². The zero-order chi connectivity index (χ0) is 19.3. The maximum Gasteiger partial charge on any atom is 0.0967 e. The Kier molecular flexibility index (Phi) is 5.55. The molecule has 1 fully saturated rings. The summed E-state index contributed by atoms with van der Waals surface area (Å²) in [6, 6.07) is 27.5. The first-order valence-corrected chi connectivity index (χ1v) is 10.0. The molecule has 0 radical (unpaired) electrons. The van der Waals surface area contributed by atoms with E-state index in [2.05, 4.69) is 91.9 Å². The summed E-state index contributed by atoms with van der Waals surface area (Å²) in [5, 5.41) is 10.9. The van der Waals surface area contributed by atoms with Crippen LogP contribution < -0.4 is 0 Å². The van der Waals surface area contributed by atoms with Crippen LogP contribution in [0, 0.1) is 6.92 Å². The molecule has 1 N–H and O–H groups in total. The Hall–Kier alpha value is -2.90. The number of rotatable bonds is 3. The summed E-state index contributed by atoms with van der Waals surface area (Å²) in [4.78, 5) is 0. The van der Waals surface area contributed by atoms with Crippen molar-refractivity contribution in [3.05, 3.63) is 107 Å². The Morgan fingerprint density at radius 2 is 1.18 bits per heavy atom. The summed E-state index contributed by atoms with van der Waals surface area (Å²) in [5.41, 5.74) is 8.22. The molecule has 3 aromatic carbocycles. The molecule has 1 aliphatic rings. The van der Waals surface area contributed by atoms with Crippen LogP contribution in [0.25, 0.3) is 23.3 Å². The summed E-state index contributed by atoms with van der Waals surface area (Å²) < 4.78 is 0. The van der Waals surface area contributed by atoms with E-state index in [4.69, 9.17) is 0 Å². The van der Waals surface area contributed by atoms with Gasteiger partial charge in [0, 0.05) is 0 Å². The molecular formula is C27H26O. The molecular weight excluding hydrogens is 340 g/mol. The van der Waals surface area contributed by atoms with Crippen LogP contribution in [0.5, 0.6) is 0 Å². The van der Waals surface area contributed by atoms with Gasteiger partial charge in [-0.3, -0.25) is 0 Å². The van der Waals surface area contributed by atoms with Crippen molar-refractivity contribution in [1.82, 2.24) is 0 Å². The molecule has 0 aliphatic heterocycles. The second-order valence-electron chi connectivity index (χ2n) is 7.59. The van der Waals surface area contributed by atoms with E-state index in [-0.39, 0.29) is 0 Å². The molecule has 1 saturated carbocycles. The first kappa shape index (κ1) is 18.5. The average Bonchev–Trinajstić information content (AvgIpc) is 2.74. The Bertz CT molecular complexity index is 977. The lowest BCUT2D eigenvalue weighted by molar-refractivity contribution is 0.229. The van der Waals surface area contributed by atoms with Crippen molar-refractivity contribution >= 4 is 12.2 Å². The van der Waals surface area contributed by atoms with Crippen molar-refractivity contribution in [2.75, 3.05) is 0 Å². The molecule has 28 heavy (non-hydrogen) atoms. The van der Waals surface area contributed by atoms with Crippen molar-refractivity contribution in [3.63, 3.8) is 0 Å². The molecule has 0 aromatic heterocycles. The van der Waals surface area contributed by atoms with Gasteiger partial charge in [-0.15, -0.1) is 0 Å². The largest absolute Gasteiger partial charge is 0.384 e. The van der Waals surface area contributed by atoms with E-state index in [1.165, 1.54) is 16.7 Å². The minimum absolute atomic E-state index is 0.483. The molecule has 4 rings (SSSR count). The lowest BCUT2D eigenvalue weighted by Crippen LogP contribution is -2.18. The Labute approximate surface area is 167 Å². The predicted octanol–water partition coefficient (Wildman–Crippen LogP) is 6.67. The molecule has 1 unspecified atom stereocenters. The second kappa shape index (κ2) is 8.41. The Morgan fingerprint density at radius 1 is 0.679 bits per heavy atom. The number of aryl methyl sites for hydroxylation is 1. The lowest BCUT2D eigenvalue weighted by Gasteiger charge is -2.24. The third-order valence-electron chi connectivity index (χ3n) is 5.43. The molecule has 1 atom stereocenters. The van der Waals surface area contributed by atoms with Gasteiger partial charge in [0.15, 0.2) is 0 Å². The van der Waals surface area contributed by atoms with E-state index in [1.54, 1.807) is 0 Å². The minimum atomic E-state index is -0.483. The second-order valence-corrected chi connectivity index (χ2v) is 7.59. The fraction of sp³-hybridized carbons (Fsp3) is 0.185. The van der Waals surface area contributed by atoms with Crippen LogP contribution in [0.2, 0.25) is 0 Å². The van der Waals surface area contributed by atoms with E-state index < -0.39 is 6.10 Å². The molecule has 1 aliphatic carbocycles. The summed E-state index contributed by atoms with van der Waals surface area (Å²) in [7, 11) is 0. The van der Waals surface area contributed by atoms with Crippen LogP contribution >= 0.6 is 0 Å². The average molecular weight is 367 g/mol. The van der Waals surface area contributed by atoms with Crippen molar-refractivity contribution < 1.29 is 5.11 Å². The number of hydrogen-bond acceptors (Lipinski definition) is 1. The smallest absolute Gasteiger partial charge is 0.0967 e. The van der Waals surface area contributed by atoms with Gasteiger partial charge >= 0.3 is 0 Å². The highest BCUT2D eigenvalue weighted by Gasteiger charge is 2.21. The molecule has 1 nitrogen and oxygen atoms in total. The normalized spacial score (nSPS) is 19.9. The Morgan fingerprint density at radius 3 is 1.75 bits per heavy atom. The van der Waals surface area contributed by atoms with E-state index in [9.17, 15) is 5.11 Å². The summed E-state index contributed by atoms with van der Waals surface area (Å²) >= 11 is 0. The summed E-state index contributed by atoms with van der Waals surface area (Å²) in [6.45, 7) is 2.09. The van der Waals surface area contributed by atoms with Gasteiger partial charge in [0.05, 0.1) is 6.10 Å². The molecule has 3 aromatic rings. The van der Waals surface area contributed by atoms with E-state index in [0.717, 1.165) is 41.5 Å². The van der Waals surface area contributed by atoms with Crippen LogP contribution in [0.4, 0.5) is 0 Å². The maximum absolute atomic E-state index is 10.9. The predicted molar refractivity (Wildman–Crippen MR) is 119 cm³/mol. The van der Waals surface area contributed by atoms with Crippen LogP contribution in [-0.2, 0) is 0 Å². The van der Waals surface area contributed by atoms with Gasteiger partial charge < -0.3 is 5.11 Å².